The van der Waals surface area contributed by atoms with Crippen molar-refractivity contribution >= 4 is 17.9 Å². The van der Waals surface area contributed by atoms with E-state index < -0.39 is 6.10 Å². The second-order valence-electron chi connectivity index (χ2n) is 22.5. The van der Waals surface area contributed by atoms with Crippen molar-refractivity contribution in [2.24, 2.45) is 17.8 Å². The summed E-state index contributed by atoms with van der Waals surface area (Å²) in [5.41, 5.74) is 0. The third kappa shape index (κ3) is 53.8. The van der Waals surface area contributed by atoms with Crippen LogP contribution < -0.4 is 0 Å². The Morgan fingerprint density at radius 1 is 0.294 bits per heavy atom. The van der Waals surface area contributed by atoms with Gasteiger partial charge < -0.3 is 14.2 Å². The molecule has 0 N–H and O–H groups in total. The monoisotopic (exact) mass is 961 g/mol. The highest BCUT2D eigenvalue weighted by atomic mass is 16.6. The van der Waals surface area contributed by atoms with Crippen molar-refractivity contribution in [2.45, 2.75) is 349 Å². The highest BCUT2D eigenvalue weighted by molar-refractivity contribution is 5.71. The summed E-state index contributed by atoms with van der Waals surface area (Å²) in [6.07, 6.45) is 56.6. The van der Waals surface area contributed by atoms with Gasteiger partial charge in [-0.05, 0) is 37.0 Å². The van der Waals surface area contributed by atoms with Gasteiger partial charge in [0.2, 0.25) is 0 Å². The van der Waals surface area contributed by atoms with Gasteiger partial charge >= 0.3 is 17.9 Å². The molecule has 0 bridgehead atoms. The van der Waals surface area contributed by atoms with E-state index in [4.69, 9.17) is 14.2 Å². The second kappa shape index (κ2) is 53.2. The van der Waals surface area contributed by atoms with Crippen molar-refractivity contribution in [3.05, 3.63) is 0 Å². The molecule has 6 nitrogen and oxygen atoms in total. The molecule has 0 aromatic carbocycles. The maximum Gasteiger partial charge on any atom is 0.306 e. The van der Waals surface area contributed by atoms with E-state index in [1.165, 1.54) is 225 Å². The van der Waals surface area contributed by atoms with E-state index in [2.05, 4.69) is 41.5 Å². The van der Waals surface area contributed by atoms with Crippen molar-refractivity contribution in [3.63, 3.8) is 0 Å². The summed E-state index contributed by atoms with van der Waals surface area (Å²) >= 11 is 0. The third-order valence-corrected chi connectivity index (χ3v) is 14.5. The van der Waals surface area contributed by atoms with Crippen LogP contribution in [0.25, 0.3) is 0 Å². The van der Waals surface area contributed by atoms with Gasteiger partial charge in [-0.1, -0.05) is 305 Å². The van der Waals surface area contributed by atoms with Crippen LogP contribution in [0.2, 0.25) is 0 Å². The van der Waals surface area contributed by atoms with Gasteiger partial charge in [-0.25, -0.2) is 0 Å². The summed E-state index contributed by atoms with van der Waals surface area (Å²) in [4.78, 5) is 38.2. The molecule has 0 aliphatic heterocycles. The number of hydrogen-bond donors (Lipinski definition) is 0. The lowest BCUT2D eigenvalue weighted by atomic mass is 9.99. The number of carbonyl (C=O) groups is 3. The van der Waals surface area contributed by atoms with Crippen LogP contribution in [0, 0.1) is 17.8 Å². The van der Waals surface area contributed by atoms with Crippen molar-refractivity contribution in [1.29, 1.82) is 0 Å². The second-order valence-corrected chi connectivity index (χ2v) is 22.5. The lowest BCUT2D eigenvalue weighted by molar-refractivity contribution is -0.167. The lowest BCUT2D eigenvalue weighted by Gasteiger charge is -2.18. The van der Waals surface area contributed by atoms with Gasteiger partial charge in [0.05, 0.1) is 0 Å². The largest absolute Gasteiger partial charge is 0.462 e. The summed E-state index contributed by atoms with van der Waals surface area (Å²) in [6, 6.07) is 0. The highest BCUT2D eigenvalue weighted by Crippen LogP contribution is 2.19. The predicted octanol–water partition coefficient (Wildman–Crippen LogP) is 20.3. The number of rotatable bonds is 55. The third-order valence-electron chi connectivity index (χ3n) is 14.5. The molecule has 0 aromatic rings. The first-order valence-corrected chi connectivity index (χ1v) is 30.6. The van der Waals surface area contributed by atoms with E-state index in [0.717, 1.165) is 75.5 Å². The van der Waals surface area contributed by atoms with Gasteiger partial charge in [0, 0.05) is 19.3 Å². The summed E-state index contributed by atoms with van der Waals surface area (Å²) in [7, 11) is 0. The number of unbranched alkanes of at least 4 members (excludes halogenated alkanes) is 37. The molecule has 1 unspecified atom stereocenters. The molecule has 68 heavy (non-hydrogen) atoms. The zero-order valence-electron chi connectivity index (χ0n) is 46.9. The van der Waals surface area contributed by atoms with E-state index in [1.54, 1.807) is 0 Å². The Labute approximate surface area is 425 Å². The van der Waals surface area contributed by atoms with Gasteiger partial charge in [-0.2, -0.15) is 0 Å². The Hall–Kier alpha value is -1.59. The van der Waals surface area contributed by atoms with Crippen LogP contribution in [0.5, 0.6) is 0 Å². The molecule has 0 fully saturated rings. The predicted molar refractivity (Wildman–Crippen MR) is 293 cm³/mol. The van der Waals surface area contributed by atoms with E-state index >= 15 is 0 Å². The SMILES string of the molecule is CCC(C)CCCCCCCCCCCCCCCCC(=O)O[C@@H](COC(=O)CCCCCCCCCCCCCCCCCCC(C)C)COC(=O)CCCCCCCCCCCCC(C)C. The Kier molecular flexibility index (Phi) is 52.0. The van der Waals surface area contributed by atoms with E-state index in [9.17, 15) is 14.4 Å². The normalized spacial score (nSPS) is 12.5. The highest BCUT2D eigenvalue weighted by Gasteiger charge is 2.19. The first-order valence-electron chi connectivity index (χ1n) is 30.6. The van der Waals surface area contributed by atoms with Gasteiger partial charge in [0.1, 0.15) is 13.2 Å². The fourth-order valence-corrected chi connectivity index (χ4v) is 9.50. The molecule has 0 saturated heterocycles. The van der Waals surface area contributed by atoms with Crippen molar-refractivity contribution in [2.75, 3.05) is 13.2 Å². The average molecular weight is 962 g/mol. The molecule has 0 aromatic heterocycles. The Morgan fingerprint density at radius 3 is 0.765 bits per heavy atom. The Morgan fingerprint density at radius 2 is 0.515 bits per heavy atom. The van der Waals surface area contributed by atoms with E-state index in [0.29, 0.717) is 19.3 Å². The molecular weight excluding hydrogens is 841 g/mol. The van der Waals surface area contributed by atoms with Crippen LogP contribution in [0.3, 0.4) is 0 Å². The summed E-state index contributed by atoms with van der Waals surface area (Å²) in [6.45, 7) is 13.8. The van der Waals surface area contributed by atoms with Gasteiger partial charge in [0.25, 0.3) is 0 Å². The lowest BCUT2D eigenvalue weighted by Crippen LogP contribution is -2.30. The standard InChI is InChI=1S/C62H120O6/c1-7-58(6)50-44-38-32-26-19-15-12-13-17-21-29-35-41-47-53-62(65)68-59(55-67-61(64)52-46-40-34-28-23-22-25-31-37-43-49-57(4)5)54-66-60(63)51-45-39-33-27-20-16-11-9-8-10-14-18-24-30-36-42-48-56(2)3/h56-59H,7-55H2,1-6H3/t58?,59-/m0/s1. The van der Waals surface area contributed by atoms with E-state index in [1.807, 2.05) is 0 Å². The van der Waals surface area contributed by atoms with Crippen LogP contribution >= 0.6 is 0 Å². The fourth-order valence-electron chi connectivity index (χ4n) is 9.50. The molecule has 0 heterocycles. The van der Waals surface area contributed by atoms with Crippen LogP contribution in [-0.4, -0.2) is 37.2 Å². The minimum Gasteiger partial charge on any atom is -0.462 e. The van der Waals surface area contributed by atoms with Crippen molar-refractivity contribution < 1.29 is 28.6 Å². The molecule has 0 saturated carbocycles. The van der Waals surface area contributed by atoms with Crippen molar-refractivity contribution in [1.82, 2.24) is 0 Å². The maximum absolute atomic E-state index is 12.9. The zero-order chi connectivity index (χ0) is 49.8. The Bertz CT molecular complexity index is 1060. The molecule has 0 rings (SSSR count). The molecule has 0 radical (unpaired) electrons. The van der Waals surface area contributed by atoms with Gasteiger partial charge in [-0.3, -0.25) is 14.4 Å². The van der Waals surface area contributed by atoms with Crippen molar-refractivity contribution in [3.8, 4) is 0 Å². The number of esters is 3. The molecule has 2 atom stereocenters. The van der Waals surface area contributed by atoms with Crippen LogP contribution in [0.15, 0.2) is 0 Å². The summed E-state index contributed by atoms with van der Waals surface area (Å²) < 4.78 is 16.9. The minimum absolute atomic E-state index is 0.0631. The smallest absolute Gasteiger partial charge is 0.306 e. The average Bonchev–Trinajstić information content (AvgIpc) is 3.31. The number of carbonyl (C=O) groups excluding carboxylic acids is 3. The zero-order valence-corrected chi connectivity index (χ0v) is 46.9. The van der Waals surface area contributed by atoms with Gasteiger partial charge in [0.15, 0.2) is 6.10 Å². The molecule has 0 amide bonds. The molecular formula is C62H120O6. The molecule has 0 aliphatic carbocycles. The molecule has 0 aliphatic rings. The van der Waals surface area contributed by atoms with Crippen LogP contribution in [-0.2, 0) is 28.6 Å². The summed E-state index contributed by atoms with van der Waals surface area (Å²) in [5.74, 6) is 1.73. The Balaban J connectivity index is 4.28. The maximum atomic E-state index is 12.9. The minimum atomic E-state index is -0.764. The topological polar surface area (TPSA) is 78.9 Å². The fraction of sp³-hybridized carbons (Fsp3) is 0.952. The number of hydrogen-bond acceptors (Lipinski definition) is 6. The number of ether oxygens (including phenoxy) is 3. The molecule has 0 spiro atoms. The van der Waals surface area contributed by atoms with Gasteiger partial charge in [-0.15, -0.1) is 0 Å². The van der Waals surface area contributed by atoms with Crippen LogP contribution in [0.1, 0.15) is 343 Å². The summed E-state index contributed by atoms with van der Waals surface area (Å²) in [5, 5.41) is 0. The quantitative estimate of drug-likeness (QED) is 0.0343. The van der Waals surface area contributed by atoms with Crippen LogP contribution in [0.4, 0.5) is 0 Å². The van der Waals surface area contributed by atoms with E-state index in [-0.39, 0.29) is 31.1 Å². The molecule has 404 valence electrons. The first-order chi connectivity index (χ1) is 33.1. The first kappa shape index (κ1) is 66.4. The molecule has 6 heteroatoms.